The van der Waals surface area contributed by atoms with Crippen LogP contribution in [0.3, 0.4) is 0 Å². The molecule has 1 N–H and O–H groups in total. The van der Waals surface area contributed by atoms with E-state index >= 15 is 0 Å². The van der Waals surface area contributed by atoms with Crippen molar-refractivity contribution in [1.82, 2.24) is 10.2 Å². The Labute approximate surface area is 111 Å². The van der Waals surface area contributed by atoms with E-state index in [4.69, 9.17) is 0 Å². The van der Waals surface area contributed by atoms with Gasteiger partial charge in [0.05, 0.1) is 11.5 Å². The number of nitriles is 1. The highest BCUT2D eigenvalue weighted by molar-refractivity contribution is 5.06. The molecule has 0 atom stereocenters. The summed E-state index contributed by atoms with van der Waals surface area (Å²) in [7, 11) is 0. The van der Waals surface area contributed by atoms with Crippen LogP contribution in [0.15, 0.2) is 0 Å². The van der Waals surface area contributed by atoms with Gasteiger partial charge in [-0.3, -0.25) is 0 Å². The molecule has 18 heavy (non-hydrogen) atoms. The molecule has 3 rings (SSSR count). The summed E-state index contributed by atoms with van der Waals surface area (Å²) >= 11 is 0. The lowest BCUT2D eigenvalue weighted by Gasteiger charge is -2.38. The predicted molar refractivity (Wildman–Crippen MR) is 72.1 cm³/mol. The van der Waals surface area contributed by atoms with Crippen LogP contribution in [0.2, 0.25) is 0 Å². The highest BCUT2D eigenvalue weighted by Gasteiger charge is 2.37. The van der Waals surface area contributed by atoms with Crippen molar-refractivity contribution in [2.75, 3.05) is 26.2 Å². The topological polar surface area (TPSA) is 39.1 Å². The van der Waals surface area contributed by atoms with Crippen LogP contribution in [0.4, 0.5) is 0 Å². The predicted octanol–water partition coefficient (Wildman–Crippen LogP) is 2.14. The van der Waals surface area contributed by atoms with Crippen LogP contribution in [-0.4, -0.2) is 37.1 Å². The largest absolute Gasteiger partial charge is 0.312 e. The zero-order valence-electron chi connectivity index (χ0n) is 11.3. The molecular formula is C15H25N3. The maximum absolute atomic E-state index is 9.22. The van der Waals surface area contributed by atoms with E-state index in [2.05, 4.69) is 16.3 Å². The number of likely N-dealkylation sites (tertiary alicyclic amines) is 1. The van der Waals surface area contributed by atoms with E-state index in [0.29, 0.717) is 6.04 Å². The molecule has 1 saturated heterocycles. The van der Waals surface area contributed by atoms with E-state index < -0.39 is 0 Å². The number of rotatable bonds is 5. The number of nitrogens with zero attached hydrogens (tertiary/aromatic N) is 2. The molecule has 0 bridgehead atoms. The Morgan fingerprint density at radius 3 is 2.39 bits per heavy atom. The van der Waals surface area contributed by atoms with Crippen LogP contribution in [-0.2, 0) is 0 Å². The molecule has 0 amide bonds. The Morgan fingerprint density at radius 1 is 1.17 bits per heavy atom. The summed E-state index contributed by atoms with van der Waals surface area (Å²) < 4.78 is 0. The van der Waals surface area contributed by atoms with E-state index in [1.165, 1.54) is 51.7 Å². The van der Waals surface area contributed by atoms with Crippen molar-refractivity contribution >= 4 is 0 Å². The zero-order chi connectivity index (χ0) is 12.4. The van der Waals surface area contributed by atoms with E-state index in [9.17, 15) is 5.26 Å². The van der Waals surface area contributed by atoms with Gasteiger partial charge in [0.25, 0.3) is 0 Å². The molecule has 3 nitrogen and oxygen atoms in total. The molecule has 100 valence electrons. The Kier molecular flexibility index (Phi) is 3.59. The molecule has 0 spiro atoms. The Hall–Kier alpha value is -0.590. The smallest absolute Gasteiger partial charge is 0.0703 e. The molecule has 1 heterocycles. The minimum Gasteiger partial charge on any atom is -0.312 e. The highest BCUT2D eigenvalue weighted by atomic mass is 15.1. The van der Waals surface area contributed by atoms with Crippen molar-refractivity contribution in [3.8, 4) is 6.07 Å². The lowest BCUT2D eigenvalue weighted by Crippen LogP contribution is -2.47. The monoisotopic (exact) mass is 247 g/mol. The standard InChI is InChI=1S/C15H25N3/c16-11-15(6-1-7-15)12-17-14-4-8-18(9-5-14)10-13-2-3-13/h13-14,17H,1-10,12H2. The summed E-state index contributed by atoms with van der Waals surface area (Å²) in [6, 6.07) is 3.18. The normalized spacial score (nSPS) is 28.6. The van der Waals surface area contributed by atoms with Gasteiger partial charge in [-0.1, -0.05) is 6.42 Å². The van der Waals surface area contributed by atoms with Gasteiger partial charge in [-0.2, -0.15) is 5.26 Å². The van der Waals surface area contributed by atoms with Gasteiger partial charge in [0.15, 0.2) is 0 Å². The van der Waals surface area contributed by atoms with Gasteiger partial charge in [-0.25, -0.2) is 0 Å². The molecule has 3 heteroatoms. The first-order valence-electron chi connectivity index (χ1n) is 7.67. The second kappa shape index (κ2) is 5.19. The van der Waals surface area contributed by atoms with Crippen molar-refractivity contribution in [2.24, 2.45) is 11.3 Å². The SMILES string of the molecule is N#CC1(CNC2CCN(CC3CC3)CC2)CCC1. The molecule has 1 aliphatic heterocycles. The summed E-state index contributed by atoms with van der Waals surface area (Å²) in [5.41, 5.74) is -0.00878. The summed E-state index contributed by atoms with van der Waals surface area (Å²) in [6.45, 7) is 4.78. The summed E-state index contributed by atoms with van der Waals surface area (Å²) in [6.07, 6.45) is 8.93. The maximum atomic E-state index is 9.22. The van der Waals surface area contributed by atoms with E-state index in [-0.39, 0.29) is 5.41 Å². The van der Waals surface area contributed by atoms with E-state index in [0.717, 1.165) is 25.3 Å². The van der Waals surface area contributed by atoms with Gasteiger partial charge in [-0.05, 0) is 57.5 Å². The van der Waals surface area contributed by atoms with Crippen molar-refractivity contribution in [3.63, 3.8) is 0 Å². The van der Waals surface area contributed by atoms with Gasteiger partial charge in [-0.15, -0.1) is 0 Å². The van der Waals surface area contributed by atoms with Crippen molar-refractivity contribution in [3.05, 3.63) is 0 Å². The lowest BCUT2D eigenvalue weighted by molar-refractivity contribution is 0.161. The molecule has 0 aromatic carbocycles. The van der Waals surface area contributed by atoms with E-state index in [1.807, 2.05) is 0 Å². The first-order chi connectivity index (χ1) is 8.80. The molecule has 2 aliphatic carbocycles. The average molecular weight is 247 g/mol. The first-order valence-corrected chi connectivity index (χ1v) is 7.67. The second-order valence-corrected chi connectivity index (χ2v) is 6.64. The van der Waals surface area contributed by atoms with Crippen molar-refractivity contribution in [2.45, 2.75) is 51.0 Å². The fourth-order valence-electron chi connectivity index (χ4n) is 3.26. The maximum Gasteiger partial charge on any atom is 0.0703 e. The van der Waals surface area contributed by atoms with Crippen LogP contribution in [0.5, 0.6) is 0 Å². The quantitative estimate of drug-likeness (QED) is 0.809. The van der Waals surface area contributed by atoms with Gasteiger partial charge >= 0.3 is 0 Å². The third-order valence-corrected chi connectivity index (χ3v) is 5.08. The Balaban J connectivity index is 1.36. The van der Waals surface area contributed by atoms with Gasteiger partial charge in [0.1, 0.15) is 0 Å². The third kappa shape index (κ3) is 2.87. The Bertz CT molecular complexity index is 317. The highest BCUT2D eigenvalue weighted by Crippen LogP contribution is 2.39. The molecule has 0 radical (unpaired) electrons. The average Bonchev–Trinajstić information content (AvgIpc) is 3.14. The van der Waals surface area contributed by atoms with Crippen LogP contribution in [0.25, 0.3) is 0 Å². The van der Waals surface area contributed by atoms with Crippen LogP contribution in [0.1, 0.15) is 44.9 Å². The van der Waals surface area contributed by atoms with Crippen LogP contribution >= 0.6 is 0 Å². The fraction of sp³-hybridized carbons (Fsp3) is 0.933. The molecule has 3 aliphatic rings. The first kappa shape index (κ1) is 12.4. The van der Waals surface area contributed by atoms with E-state index in [1.54, 1.807) is 0 Å². The second-order valence-electron chi connectivity index (χ2n) is 6.64. The molecule has 2 saturated carbocycles. The molecular weight excluding hydrogens is 222 g/mol. The molecule has 0 aromatic rings. The third-order valence-electron chi connectivity index (χ3n) is 5.08. The van der Waals surface area contributed by atoms with Crippen LogP contribution < -0.4 is 5.32 Å². The number of hydrogen-bond donors (Lipinski definition) is 1. The lowest BCUT2D eigenvalue weighted by atomic mass is 9.70. The van der Waals surface area contributed by atoms with Crippen molar-refractivity contribution < 1.29 is 0 Å². The summed E-state index contributed by atoms with van der Waals surface area (Å²) in [5.74, 6) is 1.02. The zero-order valence-corrected chi connectivity index (χ0v) is 11.3. The minimum atomic E-state index is -0.00878. The van der Waals surface area contributed by atoms with Crippen LogP contribution in [0, 0.1) is 22.7 Å². The van der Waals surface area contributed by atoms with Gasteiger partial charge in [0.2, 0.25) is 0 Å². The summed E-state index contributed by atoms with van der Waals surface area (Å²) in [5, 5.41) is 12.9. The minimum absolute atomic E-state index is 0.00878. The molecule has 0 aromatic heterocycles. The molecule has 3 fully saturated rings. The van der Waals surface area contributed by atoms with Gasteiger partial charge < -0.3 is 10.2 Å². The Morgan fingerprint density at radius 2 is 1.89 bits per heavy atom. The van der Waals surface area contributed by atoms with Crippen molar-refractivity contribution in [1.29, 1.82) is 5.26 Å². The number of hydrogen-bond acceptors (Lipinski definition) is 3. The van der Waals surface area contributed by atoms with Gasteiger partial charge in [0, 0.05) is 19.1 Å². The fourth-order valence-corrected chi connectivity index (χ4v) is 3.26. The summed E-state index contributed by atoms with van der Waals surface area (Å²) in [4.78, 5) is 2.64. The number of piperidine rings is 1. The number of nitrogens with one attached hydrogen (secondary N) is 1. The molecule has 0 unspecified atom stereocenters.